The number of aromatic nitrogens is 6. The molecule has 4 aromatic heterocycles. The summed E-state index contributed by atoms with van der Waals surface area (Å²) in [6.45, 7) is 2.05. The molecule has 34 heavy (non-hydrogen) atoms. The van der Waals surface area contributed by atoms with Gasteiger partial charge in [0.05, 0.1) is 24.9 Å². The van der Waals surface area contributed by atoms with Crippen LogP contribution in [0.5, 0.6) is 5.75 Å². The Labute approximate surface area is 195 Å². The fourth-order valence-corrected chi connectivity index (χ4v) is 4.07. The van der Waals surface area contributed by atoms with Gasteiger partial charge in [0.15, 0.2) is 17.1 Å². The van der Waals surface area contributed by atoms with Crippen LogP contribution in [0.2, 0.25) is 0 Å². The van der Waals surface area contributed by atoms with E-state index in [1.54, 1.807) is 17.8 Å². The molecule has 1 saturated carbocycles. The molecule has 1 N–H and O–H groups in total. The van der Waals surface area contributed by atoms with Gasteiger partial charge in [-0.05, 0) is 67.3 Å². The van der Waals surface area contributed by atoms with Crippen LogP contribution in [0.15, 0.2) is 60.9 Å². The van der Waals surface area contributed by atoms with Crippen molar-refractivity contribution in [2.45, 2.75) is 25.7 Å². The van der Waals surface area contributed by atoms with Crippen molar-refractivity contribution < 1.29 is 9.53 Å². The highest BCUT2D eigenvalue weighted by molar-refractivity contribution is 5.93. The molecule has 1 amide bonds. The van der Waals surface area contributed by atoms with Crippen molar-refractivity contribution in [2.24, 2.45) is 5.92 Å². The van der Waals surface area contributed by atoms with Crippen molar-refractivity contribution in [3.05, 3.63) is 72.4 Å². The predicted octanol–water partition coefficient (Wildman–Crippen LogP) is 3.95. The molecule has 1 unspecified atom stereocenters. The van der Waals surface area contributed by atoms with E-state index in [0.717, 1.165) is 46.9 Å². The lowest BCUT2D eigenvalue weighted by Gasteiger charge is -2.11. The second-order valence-electron chi connectivity index (χ2n) is 8.61. The van der Waals surface area contributed by atoms with Crippen molar-refractivity contribution in [3.8, 4) is 16.9 Å². The van der Waals surface area contributed by atoms with E-state index >= 15 is 0 Å². The number of carbonyl (C=O) groups is 1. The van der Waals surface area contributed by atoms with Gasteiger partial charge in [0.1, 0.15) is 11.6 Å². The molecule has 4 heterocycles. The first kappa shape index (κ1) is 20.3. The van der Waals surface area contributed by atoms with E-state index in [4.69, 9.17) is 9.84 Å². The number of carbonyl (C=O) groups excluding carboxylic acids is 1. The molecule has 0 spiro atoms. The van der Waals surface area contributed by atoms with Crippen LogP contribution in [0.1, 0.15) is 37.2 Å². The van der Waals surface area contributed by atoms with Crippen molar-refractivity contribution in [2.75, 3.05) is 12.4 Å². The van der Waals surface area contributed by atoms with Crippen LogP contribution in [0.4, 0.5) is 5.82 Å². The van der Waals surface area contributed by atoms with Gasteiger partial charge >= 0.3 is 0 Å². The van der Waals surface area contributed by atoms with Crippen molar-refractivity contribution in [1.82, 2.24) is 29.2 Å². The summed E-state index contributed by atoms with van der Waals surface area (Å²) in [5.74, 6) is 2.14. The van der Waals surface area contributed by atoms with Gasteiger partial charge in [-0.3, -0.25) is 9.20 Å². The fourth-order valence-electron chi connectivity index (χ4n) is 4.07. The molecule has 1 aliphatic rings. The maximum Gasteiger partial charge on any atom is 0.228 e. The molecular formula is C25H23N7O2. The van der Waals surface area contributed by atoms with E-state index in [1.165, 1.54) is 0 Å². The third-order valence-electron chi connectivity index (χ3n) is 6.20. The van der Waals surface area contributed by atoms with Crippen LogP contribution in [-0.4, -0.2) is 42.2 Å². The van der Waals surface area contributed by atoms with E-state index < -0.39 is 0 Å². The maximum atomic E-state index is 12.1. The quantitative estimate of drug-likeness (QED) is 0.418. The Balaban J connectivity index is 1.33. The molecular weight excluding hydrogens is 430 g/mol. The first-order valence-electron chi connectivity index (χ1n) is 11.3. The SMILES string of the molecule is COc1cccc(-c2ccc3nnc(C(C)c4ccc5nc(NC(=O)C6CC6)cn5n4)n3c2)c1. The average Bonchev–Trinajstić information content (AvgIpc) is 3.52. The second-order valence-corrected chi connectivity index (χ2v) is 8.61. The normalized spacial score (nSPS) is 14.4. The highest BCUT2D eigenvalue weighted by Crippen LogP contribution is 2.30. The molecule has 170 valence electrons. The molecule has 1 aliphatic carbocycles. The minimum absolute atomic E-state index is 0.0266. The standard InChI is InChI=1S/C25H23N7O2/c1-15(20-9-11-22-26-21(14-32(22)30-20)27-25(33)16-6-7-16)24-29-28-23-10-8-18(13-31(23)24)17-4-3-5-19(12-17)34-2/h3-5,8-16H,6-7H2,1-2H3,(H,27,33). The maximum absolute atomic E-state index is 12.1. The van der Waals surface area contributed by atoms with Crippen molar-refractivity contribution in [3.63, 3.8) is 0 Å². The van der Waals surface area contributed by atoms with Crippen LogP contribution >= 0.6 is 0 Å². The highest BCUT2D eigenvalue weighted by Gasteiger charge is 2.30. The summed E-state index contributed by atoms with van der Waals surface area (Å²) < 4.78 is 9.07. The Morgan fingerprint density at radius 2 is 1.91 bits per heavy atom. The lowest BCUT2D eigenvalue weighted by Crippen LogP contribution is -2.13. The monoisotopic (exact) mass is 453 g/mol. The number of imidazole rings is 1. The van der Waals surface area contributed by atoms with Gasteiger partial charge < -0.3 is 10.1 Å². The fraction of sp³-hybridized carbons (Fsp3) is 0.240. The molecule has 0 saturated heterocycles. The summed E-state index contributed by atoms with van der Waals surface area (Å²) in [6.07, 6.45) is 5.68. The molecule has 1 fully saturated rings. The molecule has 0 radical (unpaired) electrons. The summed E-state index contributed by atoms with van der Waals surface area (Å²) in [4.78, 5) is 16.5. The zero-order chi connectivity index (χ0) is 23.2. The van der Waals surface area contributed by atoms with Crippen LogP contribution in [-0.2, 0) is 4.79 Å². The number of hydrogen-bond donors (Lipinski definition) is 1. The molecule has 1 atom stereocenters. The number of pyridine rings is 1. The summed E-state index contributed by atoms with van der Waals surface area (Å²) in [6, 6.07) is 15.8. The number of hydrogen-bond acceptors (Lipinski definition) is 6. The van der Waals surface area contributed by atoms with Gasteiger partial charge in [0, 0.05) is 12.1 Å². The Kier molecular flexibility index (Phi) is 4.75. The number of nitrogens with one attached hydrogen (secondary N) is 1. The summed E-state index contributed by atoms with van der Waals surface area (Å²) in [7, 11) is 1.66. The van der Waals surface area contributed by atoms with E-state index in [0.29, 0.717) is 11.5 Å². The smallest absolute Gasteiger partial charge is 0.228 e. The number of anilines is 1. The summed E-state index contributed by atoms with van der Waals surface area (Å²) >= 11 is 0. The Morgan fingerprint density at radius 3 is 2.74 bits per heavy atom. The van der Waals surface area contributed by atoms with E-state index in [-0.39, 0.29) is 17.7 Å². The van der Waals surface area contributed by atoms with Gasteiger partial charge in [-0.25, -0.2) is 9.50 Å². The topological polar surface area (TPSA) is 98.7 Å². The Bertz CT molecular complexity index is 1530. The van der Waals surface area contributed by atoms with Crippen LogP contribution in [0, 0.1) is 5.92 Å². The second kappa shape index (κ2) is 7.95. The van der Waals surface area contributed by atoms with Gasteiger partial charge in [-0.2, -0.15) is 5.10 Å². The zero-order valence-corrected chi connectivity index (χ0v) is 18.8. The molecule has 5 aromatic rings. The van der Waals surface area contributed by atoms with E-state index in [1.807, 2.05) is 59.1 Å². The highest BCUT2D eigenvalue weighted by atomic mass is 16.5. The summed E-state index contributed by atoms with van der Waals surface area (Å²) in [5.41, 5.74) is 4.35. The summed E-state index contributed by atoms with van der Waals surface area (Å²) in [5, 5.41) is 16.4. The number of nitrogens with zero attached hydrogens (tertiary/aromatic N) is 6. The number of benzene rings is 1. The number of amides is 1. The number of ether oxygens (including phenoxy) is 1. The first-order chi connectivity index (χ1) is 16.6. The molecule has 0 bridgehead atoms. The van der Waals surface area contributed by atoms with Gasteiger partial charge in [-0.1, -0.05) is 12.1 Å². The average molecular weight is 454 g/mol. The van der Waals surface area contributed by atoms with Crippen molar-refractivity contribution >= 4 is 23.0 Å². The molecule has 6 rings (SSSR count). The molecule has 1 aromatic carbocycles. The molecule has 0 aliphatic heterocycles. The first-order valence-corrected chi connectivity index (χ1v) is 11.3. The Hall–Kier alpha value is -4.27. The third-order valence-corrected chi connectivity index (χ3v) is 6.20. The lowest BCUT2D eigenvalue weighted by molar-refractivity contribution is -0.117. The minimum atomic E-state index is -0.119. The largest absolute Gasteiger partial charge is 0.497 e. The van der Waals surface area contributed by atoms with Gasteiger partial charge in [0.2, 0.25) is 5.91 Å². The number of fused-ring (bicyclic) bond motifs is 2. The molecule has 9 nitrogen and oxygen atoms in total. The lowest BCUT2D eigenvalue weighted by atomic mass is 10.1. The van der Waals surface area contributed by atoms with Crippen LogP contribution in [0.3, 0.4) is 0 Å². The minimum Gasteiger partial charge on any atom is -0.497 e. The van der Waals surface area contributed by atoms with Gasteiger partial charge in [-0.15, -0.1) is 10.2 Å². The Morgan fingerprint density at radius 1 is 1.06 bits per heavy atom. The van der Waals surface area contributed by atoms with Crippen molar-refractivity contribution in [1.29, 1.82) is 0 Å². The third kappa shape index (κ3) is 3.64. The zero-order valence-electron chi connectivity index (χ0n) is 18.8. The van der Waals surface area contributed by atoms with E-state index in [2.05, 4.69) is 27.4 Å². The molecule has 9 heteroatoms. The van der Waals surface area contributed by atoms with Crippen LogP contribution in [0.25, 0.3) is 22.4 Å². The number of rotatable bonds is 6. The van der Waals surface area contributed by atoms with Gasteiger partial charge in [0.25, 0.3) is 0 Å². The van der Waals surface area contributed by atoms with Crippen LogP contribution < -0.4 is 10.1 Å². The van der Waals surface area contributed by atoms with E-state index in [9.17, 15) is 4.79 Å². The predicted molar refractivity (Wildman–Crippen MR) is 127 cm³/mol. The number of methoxy groups -OCH3 is 1.